The van der Waals surface area contributed by atoms with Crippen molar-refractivity contribution in [3.05, 3.63) is 40.7 Å². The van der Waals surface area contributed by atoms with Crippen LogP contribution in [0.1, 0.15) is 13.3 Å². The normalized spacial score (nSPS) is 10.8. The maximum atomic E-state index is 12.4. The van der Waals surface area contributed by atoms with Gasteiger partial charge in [-0.3, -0.25) is 4.79 Å². The third kappa shape index (κ3) is 4.82. The number of halogens is 1. The van der Waals surface area contributed by atoms with Gasteiger partial charge in [-0.05, 0) is 36.1 Å². The molecular formula is C18H19ClN4O2S2. The Balaban J connectivity index is 1.70. The zero-order valence-corrected chi connectivity index (χ0v) is 17.3. The van der Waals surface area contributed by atoms with Gasteiger partial charge in [-0.25, -0.2) is 0 Å². The summed E-state index contributed by atoms with van der Waals surface area (Å²) in [6, 6.07) is 9.11. The highest BCUT2D eigenvalue weighted by Crippen LogP contribution is 2.29. The number of thioether (sulfide) groups is 1. The van der Waals surface area contributed by atoms with Gasteiger partial charge in [-0.1, -0.05) is 36.4 Å². The van der Waals surface area contributed by atoms with Crippen LogP contribution in [0.3, 0.4) is 0 Å². The van der Waals surface area contributed by atoms with Crippen LogP contribution in [0.4, 0.5) is 5.69 Å². The fourth-order valence-electron chi connectivity index (χ4n) is 2.50. The third-order valence-electron chi connectivity index (χ3n) is 3.67. The molecule has 2 aromatic heterocycles. The van der Waals surface area contributed by atoms with Crippen molar-refractivity contribution in [2.24, 2.45) is 0 Å². The van der Waals surface area contributed by atoms with Crippen LogP contribution in [-0.4, -0.2) is 33.5 Å². The number of amides is 1. The smallest absolute Gasteiger partial charge is 0.234 e. The van der Waals surface area contributed by atoms with Crippen molar-refractivity contribution in [2.45, 2.75) is 25.0 Å². The first-order chi connectivity index (χ1) is 13.1. The molecule has 142 valence electrons. The number of anilines is 1. The average Bonchev–Trinajstić information content (AvgIpc) is 3.30. The number of ether oxygens (including phenoxy) is 1. The van der Waals surface area contributed by atoms with Crippen LogP contribution >= 0.6 is 34.7 Å². The summed E-state index contributed by atoms with van der Waals surface area (Å²) in [5.41, 5.74) is 0.546. The molecule has 3 rings (SSSR count). The molecule has 0 saturated heterocycles. The lowest BCUT2D eigenvalue weighted by molar-refractivity contribution is -0.113. The second-order valence-corrected chi connectivity index (χ2v) is 7.94. The first-order valence-electron chi connectivity index (χ1n) is 8.35. The molecule has 27 heavy (non-hydrogen) atoms. The Morgan fingerprint density at radius 3 is 2.93 bits per heavy atom. The van der Waals surface area contributed by atoms with Gasteiger partial charge in [0.15, 0.2) is 11.0 Å². The standard InChI is InChI=1S/C18H19ClN4O2S2/c1-3-8-23-17(15-5-4-9-26-15)21-22-18(23)27-11-16(24)20-13-10-12(19)6-7-14(13)25-2/h4-7,9-10H,3,8,11H2,1-2H3,(H,20,24). The molecule has 0 unspecified atom stereocenters. The number of carbonyl (C=O) groups excluding carboxylic acids is 1. The largest absolute Gasteiger partial charge is 0.495 e. The summed E-state index contributed by atoms with van der Waals surface area (Å²) in [6.07, 6.45) is 0.954. The molecule has 1 N–H and O–H groups in total. The Bertz CT molecular complexity index is 912. The van der Waals surface area contributed by atoms with Crippen molar-refractivity contribution in [1.29, 1.82) is 0 Å². The maximum absolute atomic E-state index is 12.4. The molecule has 0 aliphatic heterocycles. The van der Waals surface area contributed by atoms with Crippen molar-refractivity contribution < 1.29 is 9.53 Å². The average molecular weight is 423 g/mol. The molecule has 1 aromatic carbocycles. The Morgan fingerprint density at radius 1 is 1.37 bits per heavy atom. The van der Waals surface area contributed by atoms with E-state index in [0.717, 1.165) is 28.8 Å². The number of methoxy groups -OCH3 is 1. The van der Waals surface area contributed by atoms with Gasteiger partial charge >= 0.3 is 0 Å². The second-order valence-electron chi connectivity index (χ2n) is 5.62. The fourth-order valence-corrected chi connectivity index (χ4v) is 4.16. The van der Waals surface area contributed by atoms with E-state index in [2.05, 4.69) is 27.0 Å². The predicted molar refractivity (Wildman–Crippen MR) is 111 cm³/mol. The van der Waals surface area contributed by atoms with Gasteiger partial charge in [0.1, 0.15) is 5.75 Å². The van der Waals surface area contributed by atoms with E-state index in [-0.39, 0.29) is 11.7 Å². The van der Waals surface area contributed by atoms with Crippen molar-refractivity contribution >= 4 is 46.3 Å². The summed E-state index contributed by atoms with van der Waals surface area (Å²) in [6.45, 7) is 2.90. The first kappa shape index (κ1) is 19.7. The molecule has 0 fully saturated rings. The summed E-state index contributed by atoms with van der Waals surface area (Å²) < 4.78 is 7.31. The predicted octanol–water partition coefficient (Wildman–Crippen LogP) is 4.81. The molecule has 3 aromatic rings. The second kappa shape index (κ2) is 9.25. The number of aromatic nitrogens is 3. The molecule has 1 amide bonds. The maximum Gasteiger partial charge on any atom is 0.234 e. The molecule has 0 atom stereocenters. The number of hydrogen-bond acceptors (Lipinski definition) is 6. The van der Waals surface area contributed by atoms with Crippen LogP contribution in [-0.2, 0) is 11.3 Å². The molecule has 6 nitrogen and oxygen atoms in total. The van der Waals surface area contributed by atoms with Gasteiger partial charge < -0.3 is 14.6 Å². The lowest BCUT2D eigenvalue weighted by Gasteiger charge is -2.11. The van der Waals surface area contributed by atoms with E-state index in [1.165, 1.54) is 11.8 Å². The zero-order valence-electron chi connectivity index (χ0n) is 14.9. The van der Waals surface area contributed by atoms with Gasteiger partial charge in [0.2, 0.25) is 5.91 Å². The molecule has 2 heterocycles. The monoisotopic (exact) mass is 422 g/mol. The van der Waals surface area contributed by atoms with E-state index in [9.17, 15) is 4.79 Å². The van der Waals surface area contributed by atoms with E-state index >= 15 is 0 Å². The summed E-state index contributed by atoms with van der Waals surface area (Å²) in [5.74, 6) is 1.45. The van der Waals surface area contributed by atoms with Crippen LogP contribution in [0.5, 0.6) is 5.75 Å². The van der Waals surface area contributed by atoms with Crippen molar-refractivity contribution in [3.8, 4) is 16.5 Å². The van der Waals surface area contributed by atoms with Crippen molar-refractivity contribution in [3.63, 3.8) is 0 Å². The van der Waals surface area contributed by atoms with Crippen molar-refractivity contribution in [2.75, 3.05) is 18.2 Å². The van der Waals surface area contributed by atoms with Gasteiger partial charge in [0, 0.05) is 11.6 Å². The Kier molecular flexibility index (Phi) is 6.76. The lowest BCUT2D eigenvalue weighted by atomic mass is 10.3. The first-order valence-corrected chi connectivity index (χ1v) is 10.6. The number of hydrogen-bond donors (Lipinski definition) is 1. The Morgan fingerprint density at radius 2 is 2.22 bits per heavy atom. The minimum absolute atomic E-state index is 0.163. The van der Waals surface area contributed by atoms with Gasteiger partial charge in [-0.15, -0.1) is 21.5 Å². The third-order valence-corrected chi connectivity index (χ3v) is 5.74. The molecule has 0 aliphatic carbocycles. The summed E-state index contributed by atoms with van der Waals surface area (Å²) in [5, 5.41) is 14.7. The number of nitrogens with one attached hydrogen (secondary N) is 1. The quantitative estimate of drug-likeness (QED) is 0.527. The van der Waals surface area contributed by atoms with E-state index < -0.39 is 0 Å². The molecule has 0 radical (unpaired) electrons. The van der Waals surface area contributed by atoms with Crippen LogP contribution in [0, 0.1) is 0 Å². The minimum atomic E-state index is -0.163. The Labute approximate surface area is 170 Å². The summed E-state index contributed by atoms with van der Waals surface area (Å²) >= 11 is 8.99. The van der Waals surface area contributed by atoms with Gasteiger partial charge in [-0.2, -0.15) is 0 Å². The number of benzene rings is 1. The number of thiophene rings is 1. The SMILES string of the molecule is CCCn1c(SCC(=O)Nc2cc(Cl)ccc2OC)nnc1-c1cccs1. The van der Waals surface area contributed by atoms with Crippen LogP contribution in [0.25, 0.3) is 10.7 Å². The van der Waals surface area contributed by atoms with Gasteiger partial charge in [0.25, 0.3) is 0 Å². The number of rotatable bonds is 8. The van der Waals surface area contributed by atoms with E-state index in [0.29, 0.717) is 16.5 Å². The topological polar surface area (TPSA) is 69.0 Å². The molecule has 0 aliphatic rings. The minimum Gasteiger partial charge on any atom is -0.495 e. The summed E-state index contributed by atoms with van der Waals surface area (Å²) in [4.78, 5) is 13.4. The Hall–Kier alpha value is -2.03. The van der Waals surface area contributed by atoms with Gasteiger partial charge in [0.05, 0.1) is 23.4 Å². The van der Waals surface area contributed by atoms with Crippen molar-refractivity contribution in [1.82, 2.24) is 14.8 Å². The molecule has 0 spiro atoms. The molecule has 0 saturated carbocycles. The molecular weight excluding hydrogens is 404 g/mol. The highest BCUT2D eigenvalue weighted by atomic mass is 35.5. The van der Waals surface area contributed by atoms with Crippen LogP contribution < -0.4 is 10.1 Å². The highest BCUT2D eigenvalue weighted by molar-refractivity contribution is 7.99. The number of carbonyl (C=O) groups is 1. The summed E-state index contributed by atoms with van der Waals surface area (Å²) in [7, 11) is 1.55. The lowest BCUT2D eigenvalue weighted by Crippen LogP contribution is -2.15. The molecule has 9 heteroatoms. The fraction of sp³-hybridized carbons (Fsp3) is 0.278. The van der Waals surface area contributed by atoms with E-state index in [4.69, 9.17) is 16.3 Å². The number of nitrogens with zero attached hydrogens (tertiary/aromatic N) is 3. The van der Waals surface area contributed by atoms with Crippen LogP contribution in [0.15, 0.2) is 40.9 Å². The van der Waals surface area contributed by atoms with Crippen LogP contribution in [0.2, 0.25) is 5.02 Å². The highest BCUT2D eigenvalue weighted by Gasteiger charge is 2.16. The molecule has 0 bridgehead atoms. The zero-order chi connectivity index (χ0) is 19.2. The van der Waals surface area contributed by atoms with E-state index in [1.54, 1.807) is 36.6 Å². The van der Waals surface area contributed by atoms with E-state index in [1.807, 2.05) is 17.5 Å².